The third kappa shape index (κ3) is 2.78. The van der Waals surface area contributed by atoms with E-state index >= 15 is 0 Å². The summed E-state index contributed by atoms with van der Waals surface area (Å²) < 4.78 is 10.8. The van der Waals surface area contributed by atoms with Crippen LogP contribution in [-0.4, -0.2) is 13.1 Å². The van der Waals surface area contributed by atoms with Crippen molar-refractivity contribution in [3.05, 3.63) is 62.8 Å². The number of nitrogen functional groups attached to an aromatic ring is 1. The van der Waals surface area contributed by atoms with E-state index in [4.69, 9.17) is 14.9 Å². The van der Waals surface area contributed by atoms with Crippen LogP contribution in [0.2, 0.25) is 0 Å². The van der Waals surface area contributed by atoms with Gasteiger partial charge in [-0.2, -0.15) is 0 Å². The first kappa shape index (κ1) is 16.8. The van der Waals surface area contributed by atoms with Crippen LogP contribution in [0.3, 0.4) is 0 Å². The number of aryl methyl sites for hydroxylation is 2. The lowest BCUT2D eigenvalue weighted by molar-refractivity contribution is 0.0601. The van der Waals surface area contributed by atoms with Crippen LogP contribution in [0.15, 0.2) is 39.5 Å². The SMILES string of the molecule is COC(=O)c1c(C)c(C)cc2c(=O)cc(-c3ccc(C)c(N)c3)oc12. The van der Waals surface area contributed by atoms with E-state index in [2.05, 4.69) is 0 Å². The molecule has 0 spiro atoms. The second kappa shape index (κ2) is 6.09. The summed E-state index contributed by atoms with van der Waals surface area (Å²) in [6.45, 7) is 5.55. The number of carbonyl (C=O) groups excluding carboxylic acids is 1. The highest BCUT2D eigenvalue weighted by Crippen LogP contribution is 2.29. The van der Waals surface area contributed by atoms with Gasteiger partial charge in [0.25, 0.3) is 0 Å². The van der Waals surface area contributed by atoms with Crippen LogP contribution in [0.25, 0.3) is 22.3 Å². The van der Waals surface area contributed by atoms with Gasteiger partial charge in [-0.1, -0.05) is 12.1 Å². The van der Waals surface area contributed by atoms with Gasteiger partial charge in [-0.25, -0.2) is 4.79 Å². The molecule has 0 aliphatic rings. The Morgan fingerprint density at radius 3 is 2.44 bits per heavy atom. The van der Waals surface area contributed by atoms with Crippen molar-refractivity contribution in [3.63, 3.8) is 0 Å². The Labute approximate surface area is 145 Å². The largest absolute Gasteiger partial charge is 0.465 e. The molecular formula is C20H19NO4. The zero-order valence-corrected chi connectivity index (χ0v) is 14.6. The summed E-state index contributed by atoms with van der Waals surface area (Å²) in [7, 11) is 1.30. The number of anilines is 1. The molecule has 0 bridgehead atoms. The smallest absolute Gasteiger partial charge is 0.341 e. The molecule has 0 saturated heterocycles. The molecule has 128 valence electrons. The molecule has 1 aromatic heterocycles. The van der Waals surface area contributed by atoms with Crippen molar-refractivity contribution in [3.8, 4) is 11.3 Å². The van der Waals surface area contributed by atoms with Gasteiger partial charge < -0.3 is 14.9 Å². The first-order valence-electron chi connectivity index (χ1n) is 7.86. The number of rotatable bonds is 2. The van der Waals surface area contributed by atoms with E-state index in [9.17, 15) is 9.59 Å². The second-order valence-corrected chi connectivity index (χ2v) is 6.11. The van der Waals surface area contributed by atoms with Crippen LogP contribution in [0.5, 0.6) is 0 Å². The summed E-state index contributed by atoms with van der Waals surface area (Å²) in [6, 6.07) is 8.59. The molecule has 0 aliphatic carbocycles. The zero-order valence-electron chi connectivity index (χ0n) is 14.6. The lowest BCUT2D eigenvalue weighted by atomic mass is 9.99. The van der Waals surface area contributed by atoms with Crippen molar-refractivity contribution in [1.82, 2.24) is 0 Å². The van der Waals surface area contributed by atoms with Crippen LogP contribution in [0, 0.1) is 20.8 Å². The molecule has 0 aliphatic heterocycles. The lowest BCUT2D eigenvalue weighted by Crippen LogP contribution is -2.10. The number of nitrogens with two attached hydrogens (primary N) is 1. The van der Waals surface area contributed by atoms with Crippen molar-refractivity contribution in [2.75, 3.05) is 12.8 Å². The average Bonchev–Trinajstić information content (AvgIpc) is 2.58. The number of hydrogen-bond donors (Lipinski definition) is 1. The van der Waals surface area contributed by atoms with Gasteiger partial charge in [0, 0.05) is 17.3 Å². The van der Waals surface area contributed by atoms with Gasteiger partial charge in [0.15, 0.2) is 11.0 Å². The molecule has 1 heterocycles. The average molecular weight is 337 g/mol. The quantitative estimate of drug-likeness (QED) is 0.569. The van der Waals surface area contributed by atoms with Crippen LogP contribution in [0.1, 0.15) is 27.0 Å². The summed E-state index contributed by atoms with van der Waals surface area (Å²) in [4.78, 5) is 24.9. The van der Waals surface area contributed by atoms with E-state index in [1.807, 2.05) is 26.0 Å². The molecule has 0 unspecified atom stereocenters. The minimum atomic E-state index is -0.532. The maximum Gasteiger partial charge on any atom is 0.341 e. The normalized spacial score (nSPS) is 10.9. The van der Waals surface area contributed by atoms with Crippen molar-refractivity contribution >= 4 is 22.6 Å². The number of methoxy groups -OCH3 is 1. The highest BCUT2D eigenvalue weighted by Gasteiger charge is 2.20. The molecule has 3 rings (SSSR count). The van der Waals surface area contributed by atoms with E-state index in [1.54, 1.807) is 19.1 Å². The van der Waals surface area contributed by atoms with E-state index in [1.165, 1.54) is 13.2 Å². The Balaban J connectivity index is 2.38. The summed E-state index contributed by atoms with van der Waals surface area (Å²) in [5.74, 6) is -0.174. The predicted octanol–water partition coefficient (Wildman–Crippen LogP) is 3.75. The minimum absolute atomic E-state index is 0.219. The molecular weight excluding hydrogens is 318 g/mol. The molecule has 5 heteroatoms. The second-order valence-electron chi connectivity index (χ2n) is 6.11. The highest BCUT2D eigenvalue weighted by atomic mass is 16.5. The van der Waals surface area contributed by atoms with Gasteiger partial charge in [0.05, 0.1) is 12.5 Å². The number of hydrogen-bond acceptors (Lipinski definition) is 5. The Morgan fingerprint density at radius 1 is 1.08 bits per heavy atom. The number of ether oxygens (including phenoxy) is 1. The van der Waals surface area contributed by atoms with Crippen molar-refractivity contribution in [2.45, 2.75) is 20.8 Å². The minimum Gasteiger partial charge on any atom is -0.465 e. The van der Waals surface area contributed by atoms with Gasteiger partial charge in [-0.05, 0) is 49.6 Å². The fourth-order valence-corrected chi connectivity index (χ4v) is 2.80. The zero-order chi connectivity index (χ0) is 18.3. The van der Waals surface area contributed by atoms with E-state index in [0.29, 0.717) is 22.4 Å². The number of esters is 1. The summed E-state index contributed by atoms with van der Waals surface area (Å²) in [6.07, 6.45) is 0. The molecule has 3 aromatic rings. The highest BCUT2D eigenvalue weighted by molar-refractivity contribution is 6.04. The Hall–Kier alpha value is -3.08. The molecule has 2 aromatic carbocycles. The first-order chi connectivity index (χ1) is 11.8. The maximum atomic E-state index is 12.6. The fraction of sp³-hybridized carbons (Fsp3) is 0.200. The van der Waals surface area contributed by atoms with Gasteiger partial charge in [-0.3, -0.25) is 4.79 Å². The first-order valence-corrected chi connectivity index (χ1v) is 7.86. The van der Waals surface area contributed by atoms with Crippen LogP contribution >= 0.6 is 0 Å². The molecule has 25 heavy (non-hydrogen) atoms. The van der Waals surface area contributed by atoms with Crippen LogP contribution in [-0.2, 0) is 4.74 Å². The third-order valence-electron chi connectivity index (χ3n) is 4.49. The molecule has 5 nitrogen and oxygen atoms in total. The molecule has 2 N–H and O–H groups in total. The third-order valence-corrected chi connectivity index (χ3v) is 4.49. The van der Waals surface area contributed by atoms with Crippen molar-refractivity contribution in [1.29, 1.82) is 0 Å². The Bertz CT molecular complexity index is 1060. The summed E-state index contributed by atoms with van der Waals surface area (Å²) in [5.41, 5.74) is 10.0. The monoisotopic (exact) mass is 337 g/mol. The van der Waals surface area contributed by atoms with Gasteiger partial charge in [-0.15, -0.1) is 0 Å². The number of benzene rings is 2. The predicted molar refractivity (Wildman–Crippen MR) is 97.9 cm³/mol. The lowest BCUT2D eigenvalue weighted by Gasteiger charge is -2.12. The standard InChI is InChI=1S/C20H19NO4/c1-10-5-6-13(8-15(10)21)17-9-16(22)14-7-11(2)12(3)18(19(14)25-17)20(23)24-4/h5-9H,21H2,1-4H3. The number of fused-ring (bicyclic) bond motifs is 1. The Kier molecular flexibility index (Phi) is 4.08. The van der Waals surface area contributed by atoms with Crippen LogP contribution in [0.4, 0.5) is 5.69 Å². The van der Waals surface area contributed by atoms with Crippen molar-refractivity contribution in [2.24, 2.45) is 0 Å². The van der Waals surface area contributed by atoms with E-state index < -0.39 is 5.97 Å². The molecule has 0 atom stereocenters. The molecule has 0 saturated carbocycles. The van der Waals surface area contributed by atoms with Crippen LogP contribution < -0.4 is 11.2 Å². The van der Waals surface area contributed by atoms with Gasteiger partial charge >= 0.3 is 5.97 Å². The fourth-order valence-electron chi connectivity index (χ4n) is 2.80. The maximum absolute atomic E-state index is 12.6. The van der Waals surface area contributed by atoms with Crippen molar-refractivity contribution < 1.29 is 13.9 Å². The van der Waals surface area contributed by atoms with Gasteiger partial charge in [0.2, 0.25) is 0 Å². The Morgan fingerprint density at radius 2 is 1.80 bits per heavy atom. The van der Waals surface area contributed by atoms with E-state index in [0.717, 1.165) is 16.7 Å². The molecule has 0 fully saturated rings. The van der Waals surface area contributed by atoms with E-state index in [-0.39, 0.29) is 16.6 Å². The molecule has 0 radical (unpaired) electrons. The topological polar surface area (TPSA) is 82.5 Å². The summed E-state index contributed by atoms with van der Waals surface area (Å²) >= 11 is 0. The van der Waals surface area contributed by atoms with Gasteiger partial charge in [0.1, 0.15) is 11.3 Å². The molecule has 0 amide bonds. The number of carbonyl (C=O) groups is 1. The summed E-state index contributed by atoms with van der Waals surface area (Å²) in [5, 5.41) is 0.354.